The number of fused-ring (bicyclic) bond motifs is 1. The fraction of sp³-hybridized carbons (Fsp3) is 0.188. The number of hydrogen-bond acceptors (Lipinski definition) is 5. The van der Waals surface area contributed by atoms with Crippen molar-refractivity contribution < 1.29 is 32.2 Å². The van der Waals surface area contributed by atoms with Crippen LogP contribution in [0.4, 0.5) is 18.9 Å². The summed E-state index contributed by atoms with van der Waals surface area (Å²) >= 11 is 0. The van der Waals surface area contributed by atoms with Crippen LogP contribution in [0.1, 0.15) is 11.3 Å². The van der Waals surface area contributed by atoms with E-state index >= 15 is 0 Å². The Morgan fingerprint density at radius 3 is 2.54 bits per heavy atom. The third-order valence-corrected chi connectivity index (χ3v) is 3.41. The summed E-state index contributed by atoms with van der Waals surface area (Å²) < 4.78 is 47.6. The normalized spacial score (nSPS) is 12.6. The zero-order valence-corrected chi connectivity index (χ0v) is 13.1. The quantitative estimate of drug-likeness (QED) is 0.811. The van der Waals surface area contributed by atoms with Crippen molar-refractivity contribution in [3.05, 3.63) is 47.8 Å². The van der Waals surface area contributed by atoms with Gasteiger partial charge in [-0.05, 0) is 29.8 Å². The Labute approximate surface area is 145 Å². The number of nitrogens with one attached hydrogen (secondary N) is 2. The van der Waals surface area contributed by atoms with Gasteiger partial charge in [-0.1, -0.05) is 6.07 Å². The van der Waals surface area contributed by atoms with E-state index in [-0.39, 0.29) is 19.0 Å². The number of anilines is 1. The largest absolute Gasteiger partial charge is 0.454 e. The van der Waals surface area contributed by atoms with Crippen molar-refractivity contribution in [3.63, 3.8) is 0 Å². The summed E-state index contributed by atoms with van der Waals surface area (Å²) in [5.74, 6) is -0.834. The molecule has 136 valence electrons. The van der Waals surface area contributed by atoms with Crippen molar-refractivity contribution in [2.24, 2.45) is 0 Å². The van der Waals surface area contributed by atoms with Crippen molar-refractivity contribution in [3.8, 4) is 11.5 Å². The number of alkyl halides is 3. The standard InChI is InChI=1S/C16H12F3N3O4/c17-16(18,19)13-4-2-10(7-20-13)22-15(24)14(23)21-6-9-1-3-11-12(5-9)26-8-25-11/h1-5,7H,6,8H2,(H,21,23)(H,22,24). The van der Waals surface area contributed by atoms with Gasteiger partial charge in [0.2, 0.25) is 6.79 Å². The summed E-state index contributed by atoms with van der Waals surface area (Å²) in [6, 6.07) is 6.77. The van der Waals surface area contributed by atoms with Crippen LogP contribution in [-0.2, 0) is 22.3 Å². The molecule has 2 amide bonds. The minimum absolute atomic E-state index is 0.0266. The van der Waals surface area contributed by atoms with Crippen LogP contribution in [0.5, 0.6) is 11.5 Å². The third kappa shape index (κ3) is 4.02. The molecule has 0 unspecified atom stereocenters. The lowest BCUT2D eigenvalue weighted by Crippen LogP contribution is -2.35. The Bertz CT molecular complexity index is 838. The predicted octanol–water partition coefficient (Wildman–Crippen LogP) is 2.08. The van der Waals surface area contributed by atoms with Crippen LogP contribution < -0.4 is 20.1 Å². The predicted molar refractivity (Wildman–Crippen MR) is 82.3 cm³/mol. The van der Waals surface area contributed by atoms with E-state index in [4.69, 9.17) is 9.47 Å². The van der Waals surface area contributed by atoms with E-state index in [0.29, 0.717) is 23.1 Å². The number of amides is 2. The molecule has 2 heterocycles. The minimum Gasteiger partial charge on any atom is -0.454 e. The lowest BCUT2D eigenvalue weighted by atomic mass is 10.2. The summed E-state index contributed by atoms with van der Waals surface area (Å²) in [4.78, 5) is 26.8. The lowest BCUT2D eigenvalue weighted by Gasteiger charge is -2.08. The number of halogens is 3. The summed E-state index contributed by atoms with van der Waals surface area (Å²) in [5.41, 5.74) is -0.435. The van der Waals surface area contributed by atoms with E-state index in [1.165, 1.54) is 0 Å². The number of ether oxygens (including phenoxy) is 2. The molecule has 1 aliphatic rings. The van der Waals surface area contributed by atoms with Crippen LogP contribution in [0.25, 0.3) is 0 Å². The molecule has 1 aromatic carbocycles. The van der Waals surface area contributed by atoms with Crippen LogP contribution in [0.2, 0.25) is 0 Å². The monoisotopic (exact) mass is 367 g/mol. The maximum absolute atomic E-state index is 12.4. The summed E-state index contributed by atoms with van der Waals surface area (Å²) in [6.45, 7) is 0.183. The summed E-state index contributed by atoms with van der Waals surface area (Å²) in [5, 5.41) is 4.57. The number of aromatic nitrogens is 1. The topological polar surface area (TPSA) is 89.5 Å². The Balaban J connectivity index is 1.54. The maximum atomic E-state index is 12.4. The molecular formula is C16H12F3N3O4. The molecule has 0 aliphatic carbocycles. The first-order chi connectivity index (χ1) is 12.3. The molecular weight excluding hydrogens is 355 g/mol. The number of carbonyl (C=O) groups is 2. The van der Waals surface area contributed by atoms with Crippen molar-refractivity contribution >= 4 is 17.5 Å². The van der Waals surface area contributed by atoms with E-state index in [1.807, 2.05) is 0 Å². The number of benzene rings is 1. The third-order valence-electron chi connectivity index (χ3n) is 3.41. The molecule has 7 nitrogen and oxygen atoms in total. The highest BCUT2D eigenvalue weighted by Gasteiger charge is 2.32. The van der Waals surface area contributed by atoms with Gasteiger partial charge in [-0.25, -0.2) is 4.98 Å². The lowest BCUT2D eigenvalue weighted by molar-refractivity contribution is -0.141. The number of nitrogens with zero attached hydrogens (tertiary/aromatic N) is 1. The first kappa shape index (κ1) is 17.5. The van der Waals surface area contributed by atoms with Gasteiger partial charge >= 0.3 is 18.0 Å². The molecule has 10 heteroatoms. The zero-order chi connectivity index (χ0) is 18.7. The van der Waals surface area contributed by atoms with Crippen LogP contribution in [0.3, 0.4) is 0 Å². The molecule has 2 N–H and O–H groups in total. The van der Waals surface area contributed by atoms with E-state index in [2.05, 4.69) is 15.6 Å². The first-order valence-corrected chi connectivity index (χ1v) is 7.34. The van der Waals surface area contributed by atoms with Crippen molar-refractivity contribution in [2.45, 2.75) is 12.7 Å². The van der Waals surface area contributed by atoms with Gasteiger partial charge in [0.25, 0.3) is 0 Å². The van der Waals surface area contributed by atoms with Gasteiger partial charge < -0.3 is 20.1 Å². The Morgan fingerprint density at radius 1 is 1.08 bits per heavy atom. The first-order valence-electron chi connectivity index (χ1n) is 7.34. The Kier molecular flexibility index (Phi) is 4.65. The second-order valence-corrected chi connectivity index (χ2v) is 5.25. The highest BCUT2D eigenvalue weighted by atomic mass is 19.4. The molecule has 0 fully saturated rings. The zero-order valence-electron chi connectivity index (χ0n) is 13.1. The van der Waals surface area contributed by atoms with Crippen molar-refractivity contribution in [2.75, 3.05) is 12.1 Å². The molecule has 0 atom stereocenters. The number of hydrogen-bond donors (Lipinski definition) is 2. The van der Waals surface area contributed by atoms with Gasteiger partial charge in [0.05, 0.1) is 11.9 Å². The summed E-state index contributed by atoms with van der Waals surface area (Å²) in [7, 11) is 0. The maximum Gasteiger partial charge on any atom is 0.433 e. The molecule has 1 aliphatic heterocycles. The second-order valence-electron chi connectivity index (χ2n) is 5.25. The van der Waals surface area contributed by atoms with Crippen molar-refractivity contribution in [1.82, 2.24) is 10.3 Å². The van der Waals surface area contributed by atoms with Gasteiger partial charge in [-0.15, -0.1) is 0 Å². The molecule has 3 rings (SSSR count). The van der Waals surface area contributed by atoms with E-state index in [1.54, 1.807) is 18.2 Å². The average Bonchev–Trinajstić information content (AvgIpc) is 3.07. The molecule has 0 saturated carbocycles. The van der Waals surface area contributed by atoms with Gasteiger partial charge in [0.15, 0.2) is 11.5 Å². The number of pyridine rings is 1. The van der Waals surface area contributed by atoms with Crippen LogP contribution in [-0.4, -0.2) is 23.6 Å². The number of carbonyl (C=O) groups excluding carboxylic acids is 2. The molecule has 0 bridgehead atoms. The fourth-order valence-corrected chi connectivity index (χ4v) is 2.14. The molecule has 26 heavy (non-hydrogen) atoms. The van der Waals surface area contributed by atoms with Crippen LogP contribution >= 0.6 is 0 Å². The van der Waals surface area contributed by atoms with Crippen molar-refractivity contribution in [1.29, 1.82) is 0 Å². The molecule has 0 radical (unpaired) electrons. The molecule has 0 saturated heterocycles. The van der Waals surface area contributed by atoms with E-state index in [9.17, 15) is 22.8 Å². The Morgan fingerprint density at radius 2 is 1.85 bits per heavy atom. The van der Waals surface area contributed by atoms with Gasteiger partial charge in [0, 0.05) is 6.54 Å². The van der Waals surface area contributed by atoms with Gasteiger partial charge in [-0.2, -0.15) is 13.2 Å². The number of rotatable bonds is 3. The highest BCUT2D eigenvalue weighted by Crippen LogP contribution is 2.32. The smallest absolute Gasteiger partial charge is 0.433 e. The van der Waals surface area contributed by atoms with Gasteiger partial charge in [-0.3, -0.25) is 9.59 Å². The summed E-state index contributed by atoms with van der Waals surface area (Å²) in [6.07, 6.45) is -3.75. The fourth-order valence-electron chi connectivity index (χ4n) is 2.14. The van der Waals surface area contributed by atoms with Crippen LogP contribution in [0, 0.1) is 0 Å². The highest BCUT2D eigenvalue weighted by molar-refractivity contribution is 6.39. The SMILES string of the molecule is O=C(NCc1ccc2c(c1)OCO2)C(=O)Nc1ccc(C(F)(F)F)nc1. The molecule has 0 spiro atoms. The average molecular weight is 367 g/mol. The van der Waals surface area contributed by atoms with Gasteiger partial charge in [0.1, 0.15) is 5.69 Å². The Hall–Kier alpha value is -3.30. The molecule has 1 aromatic heterocycles. The second kappa shape index (κ2) is 6.90. The van der Waals surface area contributed by atoms with Crippen LogP contribution in [0.15, 0.2) is 36.5 Å². The minimum atomic E-state index is -4.58. The van der Waals surface area contributed by atoms with E-state index < -0.39 is 23.7 Å². The molecule has 2 aromatic rings. The van der Waals surface area contributed by atoms with E-state index in [0.717, 1.165) is 12.3 Å².